The number of aliphatic hydroxyl groups is 1. The number of nitrogens with zero attached hydrogens (tertiary/aromatic N) is 2. The van der Waals surface area contributed by atoms with E-state index in [0.29, 0.717) is 29.2 Å². The molecule has 1 aliphatic rings. The summed E-state index contributed by atoms with van der Waals surface area (Å²) >= 11 is 1.31. The lowest BCUT2D eigenvalue weighted by molar-refractivity contribution is 0.0478. The number of piperidine rings is 1. The molecule has 1 fully saturated rings. The van der Waals surface area contributed by atoms with E-state index in [1.165, 1.54) is 25.2 Å². The van der Waals surface area contributed by atoms with Crippen LogP contribution in [0.2, 0.25) is 0 Å². The molecule has 1 saturated heterocycles. The molecule has 1 amide bonds. The highest BCUT2D eigenvalue weighted by atomic mass is 32.1. The third kappa shape index (κ3) is 3.23. The van der Waals surface area contributed by atoms with Crippen LogP contribution in [0.3, 0.4) is 0 Å². The number of aliphatic hydroxyl groups excluding tert-OH is 1. The highest BCUT2D eigenvalue weighted by Crippen LogP contribution is 2.36. The van der Waals surface area contributed by atoms with Gasteiger partial charge in [-0.25, -0.2) is 4.39 Å². The zero-order valence-electron chi connectivity index (χ0n) is 14.0. The topological polar surface area (TPSA) is 66.6 Å². The summed E-state index contributed by atoms with van der Waals surface area (Å²) in [7, 11) is 0. The fourth-order valence-electron chi connectivity index (χ4n) is 3.00. The fourth-order valence-corrected chi connectivity index (χ4v) is 4.01. The van der Waals surface area contributed by atoms with E-state index < -0.39 is 11.8 Å². The maximum atomic E-state index is 14.1. The predicted molar refractivity (Wildman–Crippen MR) is 89.8 cm³/mol. The van der Waals surface area contributed by atoms with E-state index in [9.17, 15) is 14.3 Å². The summed E-state index contributed by atoms with van der Waals surface area (Å²) in [5, 5.41) is 13.7. The molecule has 130 valence electrons. The van der Waals surface area contributed by atoms with Gasteiger partial charge in [-0.3, -0.25) is 4.79 Å². The van der Waals surface area contributed by atoms with Gasteiger partial charge in [-0.2, -0.15) is 0 Å². The Hall–Kier alpha value is -1.73. The first-order valence-electron chi connectivity index (χ1n) is 8.00. The summed E-state index contributed by atoms with van der Waals surface area (Å²) in [5.41, 5.74) is -0.384. The summed E-state index contributed by atoms with van der Waals surface area (Å²) in [5.74, 6) is 0.120. The molecule has 7 heteroatoms. The molecule has 0 saturated carbocycles. The number of amides is 1. The Morgan fingerprint density at radius 1 is 1.50 bits per heavy atom. The molecule has 2 aromatic heterocycles. The zero-order valence-corrected chi connectivity index (χ0v) is 14.8. The molecule has 0 aliphatic carbocycles. The predicted octanol–water partition coefficient (Wildman–Crippen LogP) is 3.51. The summed E-state index contributed by atoms with van der Waals surface area (Å²) in [6.45, 7) is 5.65. The average Bonchev–Trinajstić information content (AvgIpc) is 3.12. The first-order chi connectivity index (χ1) is 11.3. The molecule has 1 atom stereocenters. The van der Waals surface area contributed by atoms with E-state index in [-0.39, 0.29) is 11.7 Å². The molecule has 2 aromatic rings. The molecule has 0 spiro atoms. The number of aromatic nitrogens is 1. The normalized spacial score (nSPS) is 18.9. The van der Waals surface area contributed by atoms with Gasteiger partial charge in [0.1, 0.15) is 5.69 Å². The third-order valence-electron chi connectivity index (χ3n) is 4.20. The lowest BCUT2D eigenvalue weighted by atomic mass is 10.0. The second kappa shape index (κ2) is 6.29. The van der Waals surface area contributed by atoms with Gasteiger partial charge in [-0.15, -0.1) is 11.3 Å². The van der Waals surface area contributed by atoms with Crippen molar-refractivity contribution in [2.24, 2.45) is 0 Å². The quantitative estimate of drug-likeness (QED) is 0.918. The molecular formula is C17H21FN2O3S. The molecule has 3 heterocycles. The number of halogens is 1. The van der Waals surface area contributed by atoms with Crippen molar-refractivity contribution in [3.8, 4) is 10.6 Å². The molecule has 5 nitrogen and oxygen atoms in total. The van der Waals surface area contributed by atoms with Crippen molar-refractivity contribution in [3.63, 3.8) is 0 Å². The van der Waals surface area contributed by atoms with Crippen LogP contribution in [-0.2, 0) is 5.67 Å². The minimum Gasteiger partial charge on any atom is -0.391 e. The Bertz CT molecular complexity index is 747. The van der Waals surface area contributed by atoms with Crippen LogP contribution in [0.15, 0.2) is 16.7 Å². The molecule has 1 N–H and O–H groups in total. The largest absolute Gasteiger partial charge is 0.391 e. The summed E-state index contributed by atoms with van der Waals surface area (Å²) in [6.07, 6.45) is 1.09. The number of rotatable bonds is 3. The smallest absolute Gasteiger partial charge is 0.264 e. The van der Waals surface area contributed by atoms with Crippen molar-refractivity contribution in [2.75, 3.05) is 13.1 Å². The summed E-state index contributed by atoms with van der Waals surface area (Å²) < 4.78 is 19.3. The first-order valence-corrected chi connectivity index (χ1v) is 8.82. The maximum Gasteiger partial charge on any atom is 0.264 e. The van der Waals surface area contributed by atoms with E-state index in [1.807, 2.05) is 0 Å². The average molecular weight is 352 g/mol. The molecule has 0 unspecified atom stereocenters. The Balaban J connectivity index is 1.83. The van der Waals surface area contributed by atoms with Crippen LogP contribution in [0.1, 0.15) is 47.7 Å². The summed E-state index contributed by atoms with van der Waals surface area (Å²) in [6, 6.07) is 3.55. The van der Waals surface area contributed by atoms with Gasteiger partial charge in [-0.1, -0.05) is 5.16 Å². The Labute approximate surface area is 144 Å². The van der Waals surface area contributed by atoms with Gasteiger partial charge in [-0.05, 0) is 45.7 Å². The van der Waals surface area contributed by atoms with Crippen LogP contribution >= 0.6 is 11.3 Å². The van der Waals surface area contributed by atoms with E-state index in [0.717, 1.165) is 17.7 Å². The lowest BCUT2D eigenvalue weighted by Gasteiger charge is -2.29. The van der Waals surface area contributed by atoms with Gasteiger partial charge in [0, 0.05) is 18.7 Å². The highest BCUT2D eigenvalue weighted by Gasteiger charge is 2.30. The number of carbonyl (C=O) groups excluding carboxylic acids is 1. The van der Waals surface area contributed by atoms with Crippen molar-refractivity contribution in [2.45, 2.75) is 45.4 Å². The third-order valence-corrected chi connectivity index (χ3v) is 5.28. The Kier molecular flexibility index (Phi) is 4.48. The minimum atomic E-state index is -1.60. The second-order valence-electron chi connectivity index (χ2n) is 6.67. The van der Waals surface area contributed by atoms with Crippen LogP contribution in [0.4, 0.5) is 4.39 Å². The molecule has 0 aromatic carbocycles. The SMILES string of the molecule is Cc1c(-c2ccc(C(=O)N3CCC[C@H](O)C3)s2)noc1C(C)(C)F. The number of hydrogen-bond acceptors (Lipinski definition) is 5. The molecule has 3 rings (SSSR count). The molecule has 24 heavy (non-hydrogen) atoms. The standard InChI is InChI=1S/C17H21FN2O3S/c1-10-14(19-23-15(10)17(2,3)18)12-6-7-13(24-12)16(22)20-8-4-5-11(21)9-20/h6-7,11,21H,4-5,8-9H2,1-3H3/t11-/m0/s1. The Morgan fingerprint density at radius 3 is 2.88 bits per heavy atom. The molecule has 0 bridgehead atoms. The number of likely N-dealkylation sites (tertiary alicyclic amines) is 1. The van der Waals surface area contributed by atoms with Crippen LogP contribution in [0.25, 0.3) is 10.6 Å². The number of carbonyl (C=O) groups is 1. The summed E-state index contributed by atoms with van der Waals surface area (Å²) in [4.78, 5) is 15.6. The van der Waals surface area contributed by atoms with Crippen molar-refractivity contribution in [3.05, 3.63) is 28.3 Å². The fraction of sp³-hybridized carbons (Fsp3) is 0.529. The van der Waals surface area contributed by atoms with Gasteiger partial charge in [0.25, 0.3) is 5.91 Å². The van der Waals surface area contributed by atoms with Gasteiger partial charge in [0.2, 0.25) is 0 Å². The molecular weight excluding hydrogens is 331 g/mol. The maximum absolute atomic E-state index is 14.1. The molecule has 0 radical (unpaired) electrons. The van der Waals surface area contributed by atoms with Crippen molar-refractivity contribution in [1.82, 2.24) is 10.1 Å². The van der Waals surface area contributed by atoms with Gasteiger partial charge in [0.15, 0.2) is 11.4 Å². The number of β-amino-alcohol motifs (C(OH)–C–C–N with tert-alkyl or cyclic N) is 1. The number of alkyl halides is 1. The zero-order chi connectivity index (χ0) is 17.5. The van der Waals surface area contributed by atoms with Gasteiger partial charge < -0.3 is 14.5 Å². The molecule has 1 aliphatic heterocycles. The minimum absolute atomic E-state index is 0.0859. The van der Waals surface area contributed by atoms with Crippen molar-refractivity contribution >= 4 is 17.2 Å². The van der Waals surface area contributed by atoms with E-state index in [4.69, 9.17) is 4.52 Å². The van der Waals surface area contributed by atoms with Gasteiger partial charge >= 0.3 is 0 Å². The first kappa shape index (κ1) is 17.1. The van der Waals surface area contributed by atoms with Gasteiger partial charge in [0.05, 0.1) is 15.9 Å². The van der Waals surface area contributed by atoms with Crippen molar-refractivity contribution < 1.29 is 18.8 Å². The van der Waals surface area contributed by atoms with Crippen LogP contribution in [-0.4, -0.2) is 40.3 Å². The highest BCUT2D eigenvalue weighted by molar-refractivity contribution is 7.17. The van der Waals surface area contributed by atoms with E-state index in [2.05, 4.69) is 5.16 Å². The Morgan fingerprint density at radius 2 is 2.25 bits per heavy atom. The monoisotopic (exact) mass is 352 g/mol. The van der Waals surface area contributed by atoms with Crippen LogP contribution in [0, 0.1) is 6.92 Å². The number of thiophene rings is 1. The van der Waals surface area contributed by atoms with Crippen LogP contribution in [0.5, 0.6) is 0 Å². The van der Waals surface area contributed by atoms with E-state index in [1.54, 1.807) is 24.0 Å². The lowest BCUT2D eigenvalue weighted by Crippen LogP contribution is -2.41. The van der Waals surface area contributed by atoms with Crippen molar-refractivity contribution in [1.29, 1.82) is 0 Å². The van der Waals surface area contributed by atoms with Crippen LogP contribution < -0.4 is 0 Å². The second-order valence-corrected chi connectivity index (χ2v) is 7.75. The van der Waals surface area contributed by atoms with E-state index >= 15 is 0 Å². The number of hydrogen-bond donors (Lipinski definition) is 1.